The van der Waals surface area contributed by atoms with E-state index in [-0.39, 0.29) is 24.1 Å². The van der Waals surface area contributed by atoms with Crippen LogP contribution in [-0.4, -0.2) is 41.5 Å². The minimum Gasteiger partial charge on any atom is -0.393 e. The number of thioether (sulfide) groups is 1. The number of aliphatic hydroxyl groups is 1. The molecule has 3 atom stereocenters. The minimum atomic E-state index is -0.248. The number of aliphatic hydroxyl groups excluding tert-OH is 1. The summed E-state index contributed by atoms with van der Waals surface area (Å²) in [7, 11) is 1.82. The van der Waals surface area contributed by atoms with Gasteiger partial charge in [-0.15, -0.1) is 11.8 Å². The van der Waals surface area contributed by atoms with Gasteiger partial charge < -0.3 is 15.3 Å². The molecule has 22 heavy (non-hydrogen) atoms. The first-order valence-corrected chi connectivity index (χ1v) is 9.05. The number of benzene rings is 1. The summed E-state index contributed by atoms with van der Waals surface area (Å²) in [6, 6.07) is 8.36. The average Bonchev–Trinajstić information content (AvgIpc) is 2.93. The maximum atomic E-state index is 12.4. The fourth-order valence-electron chi connectivity index (χ4n) is 3.42. The lowest BCUT2D eigenvalue weighted by atomic mass is 10.0. The zero-order chi connectivity index (χ0) is 15.5. The number of hydrogen-bond acceptors (Lipinski definition) is 3. The zero-order valence-electron chi connectivity index (χ0n) is 13.0. The molecule has 0 saturated heterocycles. The number of nitrogens with one attached hydrogen (secondary N) is 1. The molecule has 0 radical (unpaired) electrons. The van der Waals surface area contributed by atoms with Crippen LogP contribution in [0.5, 0.6) is 0 Å². The second-order valence-electron chi connectivity index (χ2n) is 6.32. The zero-order valence-corrected chi connectivity index (χ0v) is 13.8. The highest BCUT2D eigenvalue weighted by molar-refractivity contribution is 7.99. The van der Waals surface area contributed by atoms with Gasteiger partial charge in [0.15, 0.2) is 0 Å². The Hall–Kier alpha value is -1.20. The van der Waals surface area contributed by atoms with E-state index in [9.17, 15) is 9.90 Å². The predicted molar refractivity (Wildman–Crippen MR) is 89.0 cm³/mol. The molecule has 4 nitrogen and oxygen atoms in total. The SMILES string of the molecule is CN(CC1CCCC1O)C(=O)NC1CCSc2ccccc21. The highest BCUT2D eigenvalue weighted by Gasteiger charge is 2.29. The van der Waals surface area contributed by atoms with Crippen molar-refractivity contribution in [2.45, 2.75) is 42.7 Å². The van der Waals surface area contributed by atoms with E-state index in [1.807, 2.05) is 30.9 Å². The van der Waals surface area contributed by atoms with Gasteiger partial charge in [-0.25, -0.2) is 4.79 Å². The molecule has 1 saturated carbocycles. The maximum absolute atomic E-state index is 12.4. The van der Waals surface area contributed by atoms with Crippen LogP contribution >= 0.6 is 11.8 Å². The van der Waals surface area contributed by atoms with Crippen LogP contribution in [0.1, 0.15) is 37.3 Å². The summed E-state index contributed by atoms with van der Waals surface area (Å²) in [5.41, 5.74) is 1.22. The Morgan fingerprint density at radius 2 is 2.18 bits per heavy atom. The molecule has 0 bridgehead atoms. The summed E-state index contributed by atoms with van der Waals surface area (Å²) in [5, 5.41) is 13.1. The van der Waals surface area contributed by atoms with Gasteiger partial charge in [0.25, 0.3) is 0 Å². The molecule has 1 aliphatic heterocycles. The van der Waals surface area contributed by atoms with E-state index in [4.69, 9.17) is 0 Å². The Labute approximate surface area is 136 Å². The molecule has 1 fully saturated rings. The van der Waals surface area contributed by atoms with Crippen LogP contribution in [0.2, 0.25) is 0 Å². The van der Waals surface area contributed by atoms with Gasteiger partial charge in [-0.1, -0.05) is 24.6 Å². The number of urea groups is 1. The third-order valence-electron chi connectivity index (χ3n) is 4.73. The molecule has 3 rings (SSSR count). The Bertz CT molecular complexity index is 537. The van der Waals surface area contributed by atoms with E-state index in [1.54, 1.807) is 4.90 Å². The van der Waals surface area contributed by atoms with Crippen molar-refractivity contribution in [2.24, 2.45) is 5.92 Å². The molecule has 1 aromatic carbocycles. The molecule has 2 N–H and O–H groups in total. The topological polar surface area (TPSA) is 52.6 Å². The van der Waals surface area contributed by atoms with E-state index in [1.165, 1.54) is 10.5 Å². The number of fused-ring (bicyclic) bond motifs is 1. The normalized spacial score (nSPS) is 27.3. The van der Waals surface area contributed by atoms with Crippen LogP contribution in [0.3, 0.4) is 0 Å². The lowest BCUT2D eigenvalue weighted by Crippen LogP contribution is -2.43. The van der Waals surface area contributed by atoms with Gasteiger partial charge in [-0.05, 0) is 30.9 Å². The third kappa shape index (κ3) is 3.41. The fourth-order valence-corrected chi connectivity index (χ4v) is 4.54. The Morgan fingerprint density at radius 3 is 2.95 bits per heavy atom. The van der Waals surface area contributed by atoms with E-state index in [2.05, 4.69) is 17.4 Å². The quantitative estimate of drug-likeness (QED) is 0.900. The van der Waals surface area contributed by atoms with Crippen molar-refractivity contribution in [2.75, 3.05) is 19.3 Å². The maximum Gasteiger partial charge on any atom is 0.317 e. The van der Waals surface area contributed by atoms with Crippen molar-refractivity contribution >= 4 is 17.8 Å². The molecular formula is C17H24N2O2S. The van der Waals surface area contributed by atoms with Gasteiger partial charge in [-0.3, -0.25) is 0 Å². The van der Waals surface area contributed by atoms with Crippen LogP contribution in [0, 0.1) is 5.92 Å². The Balaban J connectivity index is 1.60. The first-order chi connectivity index (χ1) is 10.6. The largest absolute Gasteiger partial charge is 0.393 e. The average molecular weight is 320 g/mol. The summed E-state index contributed by atoms with van der Waals surface area (Å²) < 4.78 is 0. The van der Waals surface area contributed by atoms with Gasteiger partial charge >= 0.3 is 6.03 Å². The molecule has 2 amide bonds. The lowest BCUT2D eigenvalue weighted by molar-refractivity contribution is 0.113. The van der Waals surface area contributed by atoms with Crippen LogP contribution < -0.4 is 5.32 Å². The minimum absolute atomic E-state index is 0.0363. The van der Waals surface area contributed by atoms with Gasteiger partial charge in [0.05, 0.1) is 12.1 Å². The van der Waals surface area contributed by atoms with Crippen LogP contribution in [0.4, 0.5) is 4.79 Å². The summed E-state index contributed by atoms with van der Waals surface area (Å²) >= 11 is 1.86. The summed E-state index contributed by atoms with van der Waals surface area (Å²) in [4.78, 5) is 15.4. The van der Waals surface area contributed by atoms with Crippen molar-refractivity contribution in [3.8, 4) is 0 Å². The number of hydrogen-bond donors (Lipinski definition) is 2. The molecule has 0 aromatic heterocycles. The van der Waals surface area contributed by atoms with Gasteiger partial charge in [-0.2, -0.15) is 0 Å². The van der Waals surface area contributed by atoms with Crippen molar-refractivity contribution < 1.29 is 9.90 Å². The van der Waals surface area contributed by atoms with Crippen LogP contribution in [0.25, 0.3) is 0 Å². The summed E-state index contributed by atoms with van der Waals surface area (Å²) in [6.45, 7) is 0.635. The Morgan fingerprint density at radius 1 is 1.36 bits per heavy atom. The van der Waals surface area contributed by atoms with Crippen LogP contribution in [0.15, 0.2) is 29.2 Å². The molecule has 1 heterocycles. The molecule has 1 aliphatic carbocycles. The van der Waals surface area contributed by atoms with E-state index >= 15 is 0 Å². The lowest BCUT2D eigenvalue weighted by Gasteiger charge is -2.29. The number of rotatable bonds is 3. The molecule has 2 aliphatic rings. The van der Waals surface area contributed by atoms with E-state index < -0.39 is 0 Å². The molecular weight excluding hydrogens is 296 g/mol. The second kappa shape index (κ2) is 6.92. The number of carbonyl (C=O) groups excluding carboxylic acids is 1. The highest BCUT2D eigenvalue weighted by atomic mass is 32.2. The molecule has 120 valence electrons. The predicted octanol–water partition coefficient (Wildman–Crippen LogP) is 3.03. The number of amides is 2. The standard InChI is InChI=1S/C17H24N2O2S/c1-19(11-12-5-4-7-15(12)20)17(21)18-14-9-10-22-16-8-3-2-6-13(14)16/h2-3,6,8,12,14-15,20H,4-5,7,9-11H2,1H3,(H,18,21). The molecule has 5 heteroatoms. The van der Waals surface area contributed by atoms with Crippen molar-refractivity contribution in [3.63, 3.8) is 0 Å². The number of carbonyl (C=O) groups is 1. The first-order valence-electron chi connectivity index (χ1n) is 8.06. The monoisotopic (exact) mass is 320 g/mol. The van der Waals surface area contributed by atoms with E-state index in [0.29, 0.717) is 6.54 Å². The molecule has 1 aromatic rings. The Kier molecular flexibility index (Phi) is 4.93. The summed E-state index contributed by atoms with van der Waals surface area (Å²) in [6.07, 6.45) is 3.67. The van der Waals surface area contributed by atoms with Gasteiger partial charge in [0.1, 0.15) is 0 Å². The second-order valence-corrected chi connectivity index (χ2v) is 7.45. The van der Waals surface area contributed by atoms with Crippen LogP contribution in [-0.2, 0) is 0 Å². The van der Waals surface area contributed by atoms with Crippen molar-refractivity contribution in [3.05, 3.63) is 29.8 Å². The van der Waals surface area contributed by atoms with Crippen molar-refractivity contribution in [1.82, 2.24) is 10.2 Å². The number of nitrogens with zero attached hydrogens (tertiary/aromatic N) is 1. The third-order valence-corrected chi connectivity index (χ3v) is 5.85. The van der Waals surface area contributed by atoms with Gasteiger partial charge in [0.2, 0.25) is 0 Å². The van der Waals surface area contributed by atoms with E-state index in [0.717, 1.165) is 31.4 Å². The smallest absolute Gasteiger partial charge is 0.317 e. The van der Waals surface area contributed by atoms with Gasteiger partial charge in [0, 0.05) is 30.2 Å². The molecule has 0 spiro atoms. The summed E-state index contributed by atoms with van der Waals surface area (Å²) in [5.74, 6) is 1.26. The van der Waals surface area contributed by atoms with Crippen molar-refractivity contribution in [1.29, 1.82) is 0 Å². The first kappa shape index (κ1) is 15.7. The highest BCUT2D eigenvalue weighted by Crippen LogP contribution is 2.36. The fraction of sp³-hybridized carbons (Fsp3) is 0.588. The molecule has 3 unspecified atom stereocenters.